The Bertz CT molecular complexity index is 755. The molecule has 7 heteroatoms. The molecule has 2 atom stereocenters. The van der Waals surface area contributed by atoms with E-state index in [2.05, 4.69) is 15.6 Å². The van der Waals surface area contributed by atoms with Crippen molar-refractivity contribution in [2.24, 2.45) is 0 Å². The first-order chi connectivity index (χ1) is 13.0. The van der Waals surface area contributed by atoms with Crippen molar-refractivity contribution in [2.45, 2.75) is 37.8 Å². The van der Waals surface area contributed by atoms with Crippen LogP contribution in [-0.4, -0.2) is 59.0 Å². The number of imidazole rings is 1. The van der Waals surface area contributed by atoms with Crippen molar-refractivity contribution < 1.29 is 9.59 Å². The fraction of sp³-hybridized carbons (Fsp3) is 0.450. The molecule has 27 heavy (non-hydrogen) atoms. The maximum Gasteiger partial charge on any atom is 0.251 e. The second-order valence-electron chi connectivity index (χ2n) is 7.36. The summed E-state index contributed by atoms with van der Waals surface area (Å²) in [6.07, 6.45) is 8.99. The van der Waals surface area contributed by atoms with E-state index in [0.29, 0.717) is 12.1 Å². The third kappa shape index (κ3) is 5.40. The van der Waals surface area contributed by atoms with Crippen LogP contribution in [-0.2, 0) is 4.79 Å². The maximum absolute atomic E-state index is 12.6. The summed E-state index contributed by atoms with van der Waals surface area (Å²) in [6, 6.07) is 7.67. The van der Waals surface area contributed by atoms with E-state index in [9.17, 15) is 9.59 Å². The molecule has 2 aromatic rings. The van der Waals surface area contributed by atoms with Gasteiger partial charge in [-0.3, -0.25) is 9.59 Å². The largest absolute Gasteiger partial charge is 0.352 e. The molecule has 0 aliphatic heterocycles. The molecule has 1 heterocycles. The van der Waals surface area contributed by atoms with E-state index in [1.165, 1.54) is 0 Å². The zero-order valence-corrected chi connectivity index (χ0v) is 15.9. The molecule has 7 nitrogen and oxygen atoms in total. The van der Waals surface area contributed by atoms with Crippen LogP contribution in [0.5, 0.6) is 0 Å². The molecule has 1 aliphatic carbocycles. The number of rotatable bonds is 6. The Morgan fingerprint density at radius 3 is 2.48 bits per heavy atom. The van der Waals surface area contributed by atoms with Crippen LogP contribution in [0.3, 0.4) is 0 Å². The summed E-state index contributed by atoms with van der Waals surface area (Å²) in [6.45, 7) is 0.386. The number of hydrogen-bond acceptors (Lipinski definition) is 4. The number of nitrogens with zero attached hydrogens (tertiary/aromatic N) is 3. The molecule has 0 unspecified atom stereocenters. The third-order valence-corrected chi connectivity index (χ3v) is 4.77. The predicted molar refractivity (Wildman–Crippen MR) is 104 cm³/mol. The molecule has 1 aromatic heterocycles. The van der Waals surface area contributed by atoms with Gasteiger partial charge in [0, 0.05) is 35.7 Å². The topological polar surface area (TPSA) is 79.3 Å². The van der Waals surface area contributed by atoms with Crippen LogP contribution in [0.25, 0.3) is 5.69 Å². The van der Waals surface area contributed by atoms with Crippen molar-refractivity contribution in [1.82, 2.24) is 25.1 Å². The quantitative estimate of drug-likeness (QED) is 0.810. The highest BCUT2D eigenvalue weighted by Gasteiger charge is 2.24. The van der Waals surface area contributed by atoms with E-state index in [4.69, 9.17) is 0 Å². The fourth-order valence-corrected chi connectivity index (χ4v) is 3.48. The molecule has 3 rings (SSSR count). The average Bonchev–Trinajstić information content (AvgIpc) is 3.16. The van der Waals surface area contributed by atoms with E-state index in [1.54, 1.807) is 12.5 Å². The molecule has 1 aromatic carbocycles. The highest BCUT2D eigenvalue weighted by Crippen LogP contribution is 2.19. The van der Waals surface area contributed by atoms with Gasteiger partial charge in [-0.2, -0.15) is 0 Å². The summed E-state index contributed by atoms with van der Waals surface area (Å²) in [7, 11) is 3.75. The minimum Gasteiger partial charge on any atom is -0.352 e. The Labute approximate surface area is 159 Å². The Kier molecular flexibility index (Phi) is 6.24. The maximum atomic E-state index is 12.6. The standard InChI is InChI=1S/C20H27N5O2/c1-24(2)13-19(26)22-16-4-3-5-17(12-16)23-20(27)15-6-8-18(9-7-15)25-11-10-21-14-25/h6-11,14,16-17H,3-5,12-13H2,1-2H3,(H,22,26)(H,23,27)/t16-,17-/m1/s1. The van der Waals surface area contributed by atoms with Gasteiger partial charge in [0.2, 0.25) is 5.91 Å². The van der Waals surface area contributed by atoms with Gasteiger partial charge >= 0.3 is 0 Å². The lowest BCUT2D eigenvalue weighted by atomic mass is 9.90. The predicted octanol–water partition coefficient (Wildman–Crippen LogP) is 1.59. The number of benzene rings is 1. The third-order valence-electron chi connectivity index (χ3n) is 4.77. The van der Waals surface area contributed by atoms with Crippen molar-refractivity contribution in [3.05, 3.63) is 48.5 Å². The van der Waals surface area contributed by atoms with E-state index in [-0.39, 0.29) is 23.9 Å². The smallest absolute Gasteiger partial charge is 0.251 e. The van der Waals surface area contributed by atoms with Crippen molar-refractivity contribution in [3.8, 4) is 5.69 Å². The Morgan fingerprint density at radius 2 is 1.85 bits per heavy atom. The van der Waals surface area contributed by atoms with Crippen LogP contribution in [0.15, 0.2) is 43.0 Å². The van der Waals surface area contributed by atoms with Gasteiger partial charge in [0.25, 0.3) is 5.91 Å². The lowest BCUT2D eigenvalue weighted by molar-refractivity contribution is -0.122. The summed E-state index contributed by atoms with van der Waals surface area (Å²) in [5.74, 6) is -0.0375. The molecular formula is C20H27N5O2. The molecular weight excluding hydrogens is 342 g/mol. The summed E-state index contributed by atoms with van der Waals surface area (Å²) in [5, 5.41) is 6.19. The van der Waals surface area contributed by atoms with Crippen molar-refractivity contribution in [1.29, 1.82) is 0 Å². The lowest BCUT2D eigenvalue weighted by Gasteiger charge is -2.30. The Balaban J connectivity index is 1.53. The molecule has 2 N–H and O–H groups in total. The summed E-state index contributed by atoms with van der Waals surface area (Å²) >= 11 is 0. The van der Waals surface area contributed by atoms with E-state index < -0.39 is 0 Å². The summed E-state index contributed by atoms with van der Waals surface area (Å²) in [4.78, 5) is 30.4. The van der Waals surface area contributed by atoms with Crippen LogP contribution in [0.2, 0.25) is 0 Å². The Morgan fingerprint density at radius 1 is 1.15 bits per heavy atom. The van der Waals surface area contributed by atoms with E-state index >= 15 is 0 Å². The SMILES string of the molecule is CN(C)CC(=O)N[C@@H]1CCC[C@@H](NC(=O)c2ccc(-n3ccnc3)cc2)C1. The zero-order valence-electron chi connectivity index (χ0n) is 15.9. The average molecular weight is 369 g/mol. The lowest BCUT2D eigenvalue weighted by Crippen LogP contribution is -2.47. The molecule has 2 amide bonds. The van der Waals surface area contributed by atoms with Gasteiger partial charge in [0.05, 0.1) is 12.9 Å². The van der Waals surface area contributed by atoms with Gasteiger partial charge in [-0.05, 0) is 64.0 Å². The number of carbonyl (C=O) groups is 2. The summed E-state index contributed by atoms with van der Waals surface area (Å²) < 4.78 is 1.89. The molecule has 1 fully saturated rings. The second kappa shape index (κ2) is 8.81. The van der Waals surface area contributed by atoms with Crippen LogP contribution in [0.4, 0.5) is 0 Å². The number of amides is 2. The Hall–Kier alpha value is -2.67. The number of carbonyl (C=O) groups excluding carboxylic acids is 2. The van der Waals surface area contributed by atoms with Crippen LogP contribution < -0.4 is 10.6 Å². The van der Waals surface area contributed by atoms with Gasteiger partial charge < -0.3 is 20.1 Å². The highest BCUT2D eigenvalue weighted by atomic mass is 16.2. The van der Waals surface area contributed by atoms with E-state index in [0.717, 1.165) is 31.4 Å². The molecule has 144 valence electrons. The highest BCUT2D eigenvalue weighted by molar-refractivity contribution is 5.94. The van der Waals surface area contributed by atoms with Crippen LogP contribution in [0, 0.1) is 0 Å². The molecule has 1 aliphatic rings. The molecule has 0 bridgehead atoms. The number of likely N-dealkylation sites (N-methyl/N-ethyl adjacent to an activating group) is 1. The first kappa shape index (κ1) is 19.1. The molecule has 0 spiro atoms. The van der Waals surface area contributed by atoms with Gasteiger partial charge in [0.1, 0.15) is 0 Å². The minimum absolute atomic E-state index is 0.0343. The number of nitrogens with one attached hydrogen (secondary N) is 2. The van der Waals surface area contributed by atoms with Crippen LogP contribution in [0.1, 0.15) is 36.0 Å². The van der Waals surface area contributed by atoms with Crippen molar-refractivity contribution in [2.75, 3.05) is 20.6 Å². The van der Waals surface area contributed by atoms with Gasteiger partial charge in [-0.1, -0.05) is 0 Å². The molecule has 0 saturated heterocycles. The number of aromatic nitrogens is 2. The summed E-state index contributed by atoms with van der Waals surface area (Å²) in [5.41, 5.74) is 1.60. The van der Waals surface area contributed by atoms with Crippen molar-refractivity contribution >= 4 is 11.8 Å². The van der Waals surface area contributed by atoms with Gasteiger partial charge in [-0.15, -0.1) is 0 Å². The first-order valence-electron chi connectivity index (χ1n) is 9.34. The van der Waals surface area contributed by atoms with Crippen LogP contribution >= 0.6 is 0 Å². The number of hydrogen-bond donors (Lipinski definition) is 2. The fourth-order valence-electron chi connectivity index (χ4n) is 3.48. The normalized spacial score (nSPS) is 19.7. The molecule has 1 saturated carbocycles. The van der Waals surface area contributed by atoms with Gasteiger partial charge in [0.15, 0.2) is 0 Å². The van der Waals surface area contributed by atoms with Crippen molar-refractivity contribution in [3.63, 3.8) is 0 Å². The first-order valence-corrected chi connectivity index (χ1v) is 9.34. The monoisotopic (exact) mass is 369 g/mol. The van der Waals surface area contributed by atoms with E-state index in [1.807, 2.05) is 54.0 Å². The second-order valence-corrected chi connectivity index (χ2v) is 7.36. The van der Waals surface area contributed by atoms with Gasteiger partial charge in [-0.25, -0.2) is 4.98 Å². The minimum atomic E-state index is -0.0718. The molecule has 0 radical (unpaired) electrons. The zero-order chi connectivity index (χ0) is 19.2.